The van der Waals surface area contributed by atoms with Gasteiger partial charge >= 0.3 is 6.03 Å². The molecule has 2 aromatic heterocycles. The zero-order chi connectivity index (χ0) is 17.2. The Labute approximate surface area is 145 Å². The number of anilines is 1. The maximum atomic E-state index is 12.3. The molecule has 7 nitrogen and oxygen atoms in total. The van der Waals surface area contributed by atoms with Crippen LogP contribution in [0.5, 0.6) is 0 Å². The van der Waals surface area contributed by atoms with Crippen molar-refractivity contribution in [2.45, 2.75) is 25.0 Å². The van der Waals surface area contributed by atoms with Crippen LogP contribution in [0.25, 0.3) is 11.0 Å². The first kappa shape index (κ1) is 15.7. The average molecular weight is 340 g/mol. The third-order valence-corrected chi connectivity index (χ3v) is 4.48. The highest BCUT2D eigenvalue weighted by Gasteiger charge is 2.27. The summed E-state index contributed by atoms with van der Waals surface area (Å²) >= 11 is 0. The number of amides is 2. The lowest BCUT2D eigenvalue weighted by Crippen LogP contribution is -2.42. The van der Waals surface area contributed by atoms with Crippen molar-refractivity contribution in [1.82, 2.24) is 14.9 Å². The highest BCUT2D eigenvalue weighted by molar-refractivity contribution is 5.92. The molecule has 0 unspecified atom stereocenters. The summed E-state index contributed by atoms with van der Waals surface area (Å²) in [7, 11) is 1.94. The first-order valence-electron chi connectivity index (χ1n) is 8.32. The van der Waals surface area contributed by atoms with E-state index in [9.17, 15) is 4.79 Å². The van der Waals surface area contributed by atoms with E-state index in [1.807, 2.05) is 42.1 Å². The van der Waals surface area contributed by atoms with E-state index in [0.29, 0.717) is 18.7 Å². The number of fused-ring (bicyclic) bond motifs is 1. The van der Waals surface area contributed by atoms with E-state index in [-0.39, 0.29) is 18.2 Å². The van der Waals surface area contributed by atoms with Gasteiger partial charge in [0, 0.05) is 55.7 Å². The Morgan fingerprint density at radius 3 is 3.12 bits per heavy atom. The molecule has 130 valence electrons. The van der Waals surface area contributed by atoms with Crippen LogP contribution in [0.3, 0.4) is 0 Å². The number of rotatable bonds is 3. The molecule has 3 aromatic rings. The van der Waals surface area contributed by atoms with Gasteiger partial charge in [-0.05, 0) is 24.6 Å². The van der Waals surface area contributed by atoms with Crippen LogP contribution in [0.4, 0.5) is 10.5 Å². The largest absolute Gasteiger partial charge is 0.464 e. The van der Waals surface area contributed by atoms with Crippen LogP contribution in [0, 0.1) is 0 Å². The quantitative estimate of drug-likeness (QED) is 0.767. The van der Waals surface area contributed by atoms with Gasteiger partial charge in [0.15, 0.2) is 0 Å². The van der Waals surface area contributed by atoms with Gasteiger partial charge in [0.25, 0.3) is 0 Å². The van der Waals surface area contributed by atoms with E-state index >= 15 is 0 Å². The molecular weight excluding hydrogens is 320 g/mol. The van der Waals surface area contributed by atoms with Gasteiger partial charge in [-0.2, -0.15) is 0 Å². The Hall–Kier alpha value is -2.80. The van der Waals surface area contributed by atoms with E-state index in [2.05, 4.69) is 15.6 Å². The van der Waals surface area contributed by atoms with E-state index in [0.717, 1.165) is 23.2 Å². The molecule has 0 aliphatic carbocycles. The van der Waals surface area contributed by atoms with Crippen molar-refractivity contribution in [3.8, 4) is 0 Å². The molecule has 1 aromatic carbocycles. The van der Waals surface area contributed by atoms with Gasteiger partial charge in [-0.25, -0.2) is 9.78 Å². The molecule has 7 heteroatoms. The fourth-order valence-corrected chi connectivity index (χ4v) is 3.18. The fraction of sp³-hybridized carbons (Fsp3) is 0.333. The van der Waals surface area contributed by atoms with Crippen molar-refractivity contribution in [2.75, 3.05) is 11.9 Å². The highest BCUT2D eigenvalue weighted by Crippen LogP contribution is 2.27. The van der Waals surface area contributed by atoms with Crippen molar-refractivity contribution in [3.05, 3.63) is 48.7 Å². The van der Waals surface area contributed by atoms with Crippen LogP contribution < -0.4 is 10.6 Å². The van der Waals surface area contributed by atoms with Crippen molar-refractivity contribution < 1.29 is 13.9 Å². The van der Waals surface area contributed by atoms with Gasteiger partial charge in [-0.15, -0.1) is 0 Å². The minimum atomic E-state index is -0.226. The first-order chi connectivity index (χ1) is 12.2. The number of imidazole rings is 1. The molecule has 2 atom stereocenters. The maximum absolute atomic E-state index is 12.3. The van der Waals surface area contributed by atoms with E-state index in [4.69, 9.17) is 9.15 Å². The lowest BCUT2D eigenvalue weighted by Gasteiger charge is -2.29. The van der Waals surface area contributed by atoms with Crippen LogP contribution in [-0.4, -0.2) is 28.2 Å². The lowest BCUT2D eigenvalue weighted by atomic mass is 10.0. The number of benzene rings is 1. The van der Waals surface area contributed by atoms with Crippen LogP contribution >= 0.6 is 0 Å². The summed E-state index contributed by atoms with van der Waals surface area (Å²) in [4.78, 5) is 16.6. The van der Waals surface area contributed by atoms with Gasteiger partial charge in [-0.1, -0.05) is 0 Å². The number of urea groups is 1. The van der Waals surface area contributed by atoms with Gasteiger partial charge < -0.3 is 24.4 Å². The van der Waals surface area contributed by atoms with Crippen molar-refractivity contribution in [2.24, 2.45) is 7.05 Å². The Bertz CT molecular complexity index is 885. The standard InChI is InChI=1S/C18H20N4O3/c1-22-7-6-19-17(22)16-11-14(5-9-25-16)21-18(23)20-13-3-2-12-4-8-24-15(12)10-13/h2-4,6-8,10,14,16H,5,9,11H2,1H3,(H2,20,21,23)/t14-,16-/m1/s1. The smallest absolute Gasteiger partial charge is 0.319 e. The zero-order valence-electron chi connectivity index (χ0n) is 13.9. The number of carbonyl (C=O) groups is 1. The normalized spacial score (nSPS) is 20.5. The maximum Gasteiger partial charge on any atom is 0.319 e. The summed E-state index contributed by atoms with van der Waals surface area (Å²) in [6.07, 6.45) is 6.68. The summed E-state index contributed by atoms with van der Waals surface area (Å²) in [6, 6.07) is 7.30. The second kappa shape index (κ2) is 6.60. The molecule has 0 bridgehead atoms. The van der Waals surface area contributed by atoms with Gasteiger partial charge in [0.2, 0.25) is 0 Å². The molecule has 0 radical (unpaired) electrons. The van der Waals surface area contributed by atoms with E-state index < -0.39 is 0 Å². The number of ether oxygens (including phenoxy) is 1. The van der Waals surface area contributed by atoms with Gasteiger partial charge in [-0.3, -0.25) is 0 Å². The lowest BCUT2D eigenvalue weighted by molar-refractivity contribution is -0.00410. The predicted octanol–water partition coefficient (Wildman–Crippen LogP) is 3.21. The molecule has 2 N–H and O–H groups in total. The number of hydrogen-bond donors (Lipinski definition) is 2. The molecule has 25 heavy (non-hydrogen) atoms. The number of nitrogens with one attached hydrogen (secondary N) is 2. The molecular formula is C18H20N4O3. The third kappa shape index (κ3) is 3.36. The van der Waals surface area contributed by atoms with Gasteiger partial charge in [0.05, 0.1) is 6.26 Å². The molecule has 1 aliphatic heterocycles. The number of nitrogens with zero attached hydrogens (tertiary/aromatic N) is 2. The molecule has 2 amide bonds. The molecule has 0 spiro atoms. The SMILES string of the molecule is Cn1ccnc1[C@H]1C[C@H](NC(=O)Nc2ccc3ccoc3c2)CCO1. The minimum absolute atomic E-state index is 0.0443. The zero-order valence-corrected chi connectivity index (χ0v) is 13.9. The molecule has 3 heterocycles. The van der Waals surface area contributed by atoms with Gasteiger partial charge in [0.1, 0.15) is 17.5 Å². The van der Waals surface area contributed by atoms with Crippen LogP contribution in [0.15, 0.2) is 47.3 Å². The van der Waals surface area contributed by atoms with E-state index in [1.54, 1.807) is 12.5 Å². The third-order valence-electron chi connectivity index (χ3n) is 4.48. The Morgan fingerprint density at radius 1 is 1.36 bits per heavy atom. The Balaban J connectivity index is 1.37. The Morgan fingerprint density at radius 2 is 2.28 bits per heavy atom. The molecule has 4 rings (SSSR count). The second-order valence-electron chi connectivity index (χ2n) is 6.25. The van der Waals surface area contributed by atoms with Crippen LogP contribution in [-0.2, 0) is 11.8 Å². The monoisotopic (exact) mass is 340 g/mol. The van der Waals surface area contributed by atoms with Crippen molar-refractivity contribution >= 4 is 22.7 Å². The predicted molar refractivity (Wildman–Crippen MR) is 93.3 cm³/mol. The summed E-state index contributed by atoms with van der Waals surface area (Å²) in [6.45, 7) is 0.598. The second-order valence-corrected chi connectivity index (χ2v) is 6.25. The minimum Gasteiger partial charge on any atom is -0.464 e. The summed E-state index contributed by atoms with van der Waals surface area (Å²) < 4.78 is 13.1. The average Bonchev–Trinajstić information content (AvgIpc) is 3.23. The highest BCUT2D eigenvalue weighted by atomic mass is 16.5. The topological polar surface area (TPSA) is 81.3 Å². The number of carbonyl (C=O) groups excluding carboxylic acids is 1. The van der Waals surface area contributed by atoms with Crippen molar-refractivity contribution in [3.63, 3.8) is 0 Å². The number of hydrogen-bond acceptors (Lipinski definition) is 4. The summed E-state index contributed by atoms with van der Waals surface area (Å²) in [5.74, 6) is 0.884. The first-order valence-corrected chi connectivity index (χ1v) is 8.32. The molecule has 1 saturated heterocycles. The summed E-state index contributed by atoms with van der Waals surface area (Å²) in [5.41, 5.74) is 1.45. The number of furan rings is 1. The van der Waals surface area contributed by atoms with Crippen LogP contribution in [0.1, 0.15) is 24.8 Å². The molecule has 1 fully saturated rings. The number of aromatic nitrogens is 2. The molecule has 0 saturated carbocycles. The summed E-state index contributed by atoms with van der Waals surface area (Å²) in [5, 5.41) is 6.89. The van der Waals surface area contributed by atoms with Crippen LogP contribution in [0.2, 0.25) is 0 Å². The Kier molecular flexibility index (Phi) is 4.15. The van der Waals surface area contributed by atoms with Crippen molar-refractivity contribution in [1.29, 1.82) is 0 Å². The molecule has 1 aliphatic rings. The fourth-order valence-electron chi connectivity index (χ4n) is 3.18. The number of aryl methyl sites for hydroxylation is 1. The van der Waals surface area contributed by atoms with E-state index in [1.165, 1.54) is 0 Å².